The van der Waals surface area contributed by atoms with E-state index >= 15 is 0 Å². The Balaban J connectivity index is 1.51. The van der Waals surface area contributed by atoms with Crippen LogP contribution < -0.4 is 14.9 Å². The minimum absolute atomic E-state index is 0.212. The molecule has 3 aromatic heterocycles. The number of hydrogen-bond acceptors (Lipinski definition) is 6. The molecular formula is C29H22FN3O3S2. The summed E-state index contributed by atoms with van der Waals surface area (Å²) in [5.74, 6) is -0.767. The number of aromatic nitrogens is 2. The molecule has 0 bridgehead atoms. The van der Waals surface area contributed by atoms with E-state index < -0.39 is 12.0 Å². The third kappa shape index (κ3) is 4.13. The lowest BCUT2D eigenvalue weighted by Gasteiger charge is -2.22. The number of benzene rings is 2. The molecule has 0 saturated heterocycles. The quantitative estimate of drug-likeness (QED) is 0.304. The fourth-order valence-electron chi connectivity index (χ4n) is 4.86. The molecule has 0 radical (unpaired) electrons. The number of carbonyl (C=O) groups excluding carboxylic acids is 1. The van der Waals surface area contributed by atoms with Crippen molar-refractivity contribution in [1.82, 2.24) is 9.13 Å². The van der Waals surface area contributed by atoms with Crippen LogP contribution in [-0.4, -0.2) is 22.2 Å². The van der Waals surface area contributed by atoms with Gasteiger partial charge < -0.3 is 9.30 Å². The second-order valence-electron chi connectivity index (χ2n) is 8.94. The predicted molar refractivity (Wildman–Crippen MR) is 148 cm³/mol. The molecule has 1 unspecified atom stereocenters. The summed E-state index contributed by atoms with van der Waals surface area (Å²) in [6, 6.07) is 17.7. The second kappa shape index (κ2) is 9.66. The van der Waals surface area contributed by atoms with Gasteiger partial charge in [-0.1, -0.05) is 47.7 Å². The van der Waals surface area contributed by atoms with Crippen molar-refractivity contribution in [2.75, 3.05) is 7.11 Å². The van der Waals surface area contributed by atoms with Crippen molar-refractivity contribution in [1.29, 1.82) is 0 Å². The van der Waals surface area contributed by atoms with E-state index in [-0.39, 0.29) is 11.4 Å². The maximum absolute atomic E-state index is 13.8. The summed E-state index contributed by atoms with van der Waals surface area (Å²) in [6.45, 7) is 2.34. The minimum Gasteiger partial charge on any atom is -0.466 e. The van der Waals surface area contributed by atoms with E-state index in [2.05, 4.69) is 9.56 Å². The Morgan fingerprint density at radius 1 is 1.13 bits per heavy atom. The molecule has 6 nitrogen and oxygen atoms in total. The van der Waals surface area contributed by atoms with E-state index in [1.807, 2.05) is 54.1 Å². The summed E-state index contributed by atoms with van der Waals surface area (Å²) in [5.41, 5.74) is 3.57. The molecule has 1 aliphatic rings. The smallest absolute Gasteiger partial charge is 0.338 e. The highest BCUT2D eigenvalue weighted by molar-refractivity contribution is 7.10. The van der Waals surface area contributed by atoms with Crippen molar-refractivity contribution in [2.24, 2.45) is 4.99 Å². The fourth-order valence-corrected chi connectivity index (χ4v) is 6.72. The number of rotatable bonds is 5. The first-order valence-corrected chi connectivity index (χ1v) is 13.6. The number of methoxy groups -OCH3 is 1. The average molecular weight is 544 g/mol. The number of ether oxygens (including phenoxy) is 1. The highest BCUT2D eigenvalue weighted by atomic mass is 32.1. The molecule has 38 heavy (non-hydrogen) atoms. The number of hydrogen-bond donors (Lipinski definition) is 0. The van der Waals surface area contributed by atoms with E-state index in [9.17, 15) is 14.0 Å². The van der Waals surface area contributed by atoms with Crippen LogP contribution in [0.3, 0.4) is 0 Å². The van der Waals surface area contributed by atoms with Gasteiger partial charge in [0.15, 0.2) is 4.80 Å². The molecule has 6 rings (SSSR count). The zero-order chi connectivity index (χ0) is 26.4. The van der Waals surface area contributed by atoms with Crippen LogP contribution in [0.4, 0.5) is 4.39 Å². The van der Waals surface area contributed by atoms with Gasteiger partial charge in [-0.2, -0.15) is 0 Å². The van der Waals surface area contributed by atoms with Gasteiger partial charge >= 0.3 is 5.97 Å². The Kier molecular flexibility index (Phi) is 6.17. The molecule has 190 valence electrons. The van der Waals surface area contributed by atoms with Gasteiger partial charge in [0.25, 0.3) is 5.56 Å². The van der Waals surface area contributed by atoms with Crippen LogP contribution in [-0.2, 0) is 16.1 Å². The van der Waals surface area contributed by atoms with Gasteiger partial charge in [0.1, 0.15) is 11.9 Å². The second-order valence-corrected chi connectivity index (χ2v) is 10.9. The van der Waals surface area contributed by atoms with Crippen molar-refractivity contribution in [3.8, 4) is 0 Å². The molecular weight excluding hydrogens is 521 g/mol. The number of carbonyl (C=O) groups is 1. The van der Waals surface area contributed by atoms with Crippen molar-refractivity contribution < 1.29 is 13.9 Å². The van der Waals surface area contributed by atoms with Crippen molar-refractivity contribution in [3.63, 3.8) is 0 Å². The Morgan fingerprint density at radius 2 is 1.92 bits per heavy atom. The SMILES string of the molecule is COC(=O)C1=C(C)N=c2sc(=Cc3cn(Cc4ccc(F)cc4)c4ccccc34)c(=O)n2C1c1cccs1. The Hall–Kier alpha value is -4.08. The predicted octanol–water partition coefficient (Wildman–Crippen LogP) is 4.61. The molecule has 9 heteroatoms. The molecule has 5 aromatic rings. The summed E-state index contributed by atoms with van der Waals surface area (Å²) in [5, 5.41) is 2.92. The lowest BCUT2D eigenvalue weighted by Crippen LogP contribution is -2.39. The van der Waals surface area contributed by atoms with Crippen LogP contribution in [0.1, 0.15) is 29.0 Å². The molecule has 0 amide bonds. The van der Waals surface area contributed by atoms with Gasteiger partial charge in [0, 0.05) is 34.1 Å². The molecule has 2 aromatic carbocycles. The van der Waals surface area contributed by atoms with Gasteiger partial charge in [-0.3, -0.25) is 9.36 Å². The van der Waals surface area contributed by atoms with Crippen LogP contribution in [0.15, 0.2) is 93.3 Å². The third-order valence-electron chi connectivity index (χ3n) is 6.61. The van der Waals surface area contributed by atoms with Crippen LogP contribution in [0.2, 0.25) is 0 Å². The third-order valence-corrected chi connectivity index (χ3v) is 8.52. The van der Waals surface area contributed by atoms with Gasteiger partial charge in [-0.05, 0) is 48.2 Å². The average Bonchev–Trinajstić information content (AvgIpc) is 3.64. The zero-order valence-corrected chi connectivity index (χ0v) is 22.2. The summed E-state index contributed by atoms with van der Waals surface area (Å²) >= 11 is 2.78. The van der Waals surface area contributed by atoms with E-state index in [1.165, 1.54) is 41.9 Å². The molecule has 0 fully saturated rings. The van der Waals surface area contributed by atoms with E-state index in [0.29, 0.717) is 27.1 Å². The van der Waals surface area contributed by atoms with Crippen LogP contribution in [0, 0.1) is 5.82 Å². The topological polar surface area (TPSA) is 65.6 Å². The monoisotopic (exact) mass is 543 g/mol. The van der Waals surface area contributed by atoms with Gasteiger partial charge in [0.2, 0.25) is 0 Å². The lowest BCUT2D eigenvalue weighted by molar-refractivity contribution is -0.136. The zero-order valence-electron chi connectivity index (χ0n) is 20.6. The maximum atomic E-state index is 13.8. The first kappa shape index (κ1) is 24.3. The number of halogens is 1. The minimum atomic E-state index is -0.597. The first-order chi connectivity index (χ1) is 18.4. The van der Waals surface area contributed by atoms with Gasteiger partial charge in [0.05, 0.1) is 22.9 Å². The number of fused-ring (bicyclic) bond motifs is 2. The normalized spacial score (nSPS) is 15.6. The van der Waals surface area contributed by atoms with Gasteiger partial charge in [-0.25, -0.2) is 14.2 Å². The number of thiophene rings is 1. The van der Waals surface area contributed by atoms with Crippen molar-refractivity contribution in [2.45, 2.75) is 19.5 Å². The number of nitrogens with zero attached hydrogens (tertiary/aromatic N) is 3. The molecule has 0 saturated carbocycles. The number of esters is 1. The number of thiazole rings is 1. The van der Waals surface area contributed by atoms with Crippen molar-refractivity contribution in [3.05, 3.63) is 125 Å². The Labute approximate surface area is 224 Å². The maximum Gasteiger partial charge on any atom is 0.338 e. The Morgan fingerprint density at radius 3 is 2.66 bits per heavy atom. The number of allylic oxidation sites excluding steroid dienone is 1. The standard InChI is InChI=1S/C29H22FN3O3S2/c1-17-25(28(35)36-2)26(23-8-5-13-37-23)33-27(34)24(38-29(33)31-17)14-19-16-32(22-7-4-3-6-21(19)22)15-18-9-11-20(30)12-10-18/h3-14,16,26H,15H2,1-2H3. The van der Waals surface area contributed by atoms with Gasteiger partial charge in [-0.15, -0.1) is 11.3 Å². The largest absolute Gasteiger partial charge is 0.466 e. The fraction of sp³-hybridized carbons (Fsp3) is 0.138. The van der Waals surface area contributed by atoms with E-state index in [1.54, 1.807) is 23.6 Å². The molecule has 0 spiro atoms. The highest BCUT2D eigenvalue weighted by Gasteiger charge is 2.33. The lowest BCUT2D eigenvalue weighted by atomic mass is 10.0. The van der Waals surface area contributed by atoms with Crippen LogP contribution in [0.25, 0.3) is 17.0 Å². The first-order valence-electron chi connectivity index (χ1n) is 11.9. The molecule has 0 N–H and O–H groups in total. The summed E-state index contributed by atoms with van der Waals surface area (Å²) in [6.07, 6.45) is 3.89. The molecule has 0 aliphatic carbocycles. The van der Waals surface area contributed by atoms with Crippen LogP contribution >= 0.6 is 22.7 Å². The van der Waals surface area contributed by atoms with E-state index in [0.717, 1.165) is 26.9 Å². The summed E-state index contributed by atoms with van der Waals surface area (Å²) < 4.78 is 22.7. The highest BCUT2D eigenvalue weighted by Crippen LogP contribution is 2.33. The summed E-state index contributed by atoms with van der Waals surface area (Å²) in [7, 11) is 1.33. The molecule has 1 aliphatic heterocycles. The molecule has 1 atom stereocenters. The summed E-state index contributed by atoms with van der Waals surface area (Å²) in [4.78, 5) is 32.6. The molecule has 4 heterocycles. The van der Waals surface area contributed by atoms with Crippen LogP contribution in [0.5, 0.6) is 0 Å². The van der Waals surface area contributed by atoms with E-state index in [4.69, 9.17) is 4.74 Å². The number of para-hydroxylation sites is 1. The van der Waals surface area contributed by atoms with Crippen molar-refractivity contribution >= 4 is 45.6 Å². The Bertz CT molecular complexity index is 1890.